The molecule has 0 saturated carbocycles. The fourth-order valence-electron chi connectivity index (χ4n) is 2.79. The number of nitrogens with zero attached hydrogens (tertiary/aromatic N) is 1. The van der Waals surface area contributed by atoms with Crippen LogP contribution in [0.4, 0.5) is 13.2 Å². The second kappa shape index (κ2) is 16.1. The van der Waals surface area contributed by atoms with Gasteiger partial charge in [0.1, 0.15) is 0 Å². The number of rotatable bonds is 6. The number of benzene rings is 2. The lowest BCUT2D eigenvalue weighted by atomic mass is 10.1. The molecule has 36 heavy (non-hydrogen) atoms. The van der Waals surface area contributed by atoms with Crippen molar-refractivity contribution in [3.63, 3.8) is 0 Å². The molecule has 3 nitrogen and oxygen atoms in total. The number of aryl methyl sites for hydroxylation is 1. The lowest BCUT2D eigenvalue weighted by Crippen LogP contribution is -2.25. The van der Waals surface area contributed by atoms with Gasteiger partial charge in [-0.1, -0.05) is 80.9 Å². The molecule has 0 atom stereocenters. The lowest BCUT2D eigenvalue weighted by molar-refractivity contribution is -0.0877. The summed E-state index contributed by atoms with van der Waals surface area (Å²) in [5.41, 5.74) is 3.41. The number of carbonyl (C=O) groups is 1. The molecule has 192 valence electrons. The number of halogens is 3. The number of hydrogen-bond acceptors (Lipinski definition) is 2. The van der Waals surface area contributed by atoms with Crippen LogP contribution in [-0.4, -0.2) is 23.6 Å². The van der Waals surface area contributed by atoms with Crippen molar-refractivity contribution < 1.29 is 18.0 Å². The van der Waals surface area contributed by atoms with Crippen LogP contribution in [0.25, 0.3) is 5.57 Å². The molecule has 0 spiro atoms. The number of allylic oxidation sites excluding steroid dienone is 3. The van der Waals surface area contributed by atoms with Crippen LogP contribution in [0.2, 0.25) is 0 Å². The van der Waals surface area contributed by atoms with E-state index in [2.05, 4.69) is 42.9 Å². The van der Waals surface area contributed by atoms with Crippen LogP contribution in [0.1, 0.15) is 54.2 Å². The standard InChI is InChI=1S/C16H17NO.C11H10F3N.C3H8/c1-13-7-9-15(10-8-13)16(18)17-12-11-14-5-3-2-4-6-14;1-8(6-9(2)11(12,13)14)10-4-3-5-15-7-10;1-3-2/h2-10H,11-12H2,1H3,(H,17,18);3-7H,2H2,1H3;3H2,1-2H3/b;8-6+;. The number of nitrogens with one attached hydrogen (secondary N) is 1. The van der Waals surface area contributed by atoms with Crippen molar-refractivity contribution in [2.24, 2.45) is 0 Å². The summed E-state index contributed by atoms with van der Waals surface area (Å²) < 4.78 is 36.5. The minimum Gasteiger partial charge on any atom is -0.352 e. The van der Waals surface area contributed by atoms with Gasteiger partial charge in [0.25, 0.3) is 5.91 Å². The van der Waals surface area contributed by atoms with Crippen molar-refractivity contribution in [2.45, 2.75) is 46.7 Å². The summed E-state index contributed by atoms with van der Waals surface area (Å²) in [5.74, 6) is -0.00840. The zero-order valence-electron chi connectivity index (χ0n) is 21.4. The highest BCUT2D eigenvalue weighted by atomic mass is 19.4. The first-order valence-corrected chi connectivity index (χ1v) is 11.8. The van der Waals surface area contributed by atoms with Gasteiger partial charge in [0.2, 0.25) is 0 Å². The Bertz CT molecular complexity index is 1070. The van der Waals surface area contributed by atoms with Gasteiger partial charge in [-0.05, 0) is 61.2 Å². The number of carbonyl (C=O) groups excluding carboxylic acids is 1. The summed E-state index contributed by atoms with van der Waals surface area (Å²) in [6.07, 6.45) is 1.82. The SMILES string of the molecule is C=C(/C=C(\C)c1cccnc1)C(F)(F)F.CCC.Cc1ccc(C(=O)NCCc2ccccc2)cc1. The number of hydrogen-bond donors (Lipinski definition) is 1. The number of amides is 1. The van der Waals surface area contributed by atoms with E-state index in [0.29, 0.717) is 23.2 Å². The summed E-state index contributed by atoms with van der Waals surface area (Å²) in [6, 6.07) is 21.1. The monoisotopic (exact) mass is 496 g/mol. The second-order valence-corrected chi connectivity index (χ2v) is 8.16. The Morgan fingerprint density at radius 1 is 0.972 bits per heavy atom. The van der Waals surface area contributed by atoms with E-state index in [9.17, 15) is 18.0 Å². The Morgan fingerprint density at radius 3 is 2.11 bits per heavy atom. The van der Waals surface area contributed by atoms with Gasteiger partial charge in [-0.3, -0.25) is 9.78 Å². The van der Waals surface area contributed by atoms with Crippen LogP contribution in [0, 0.1) is 6.92 Å². The average molecular weight is 497 g/mol. The molecule has 1 heterocycles. The maximum atomic E-state index is 12.2. The molecule has 3 aromatic rings. The van der Waals surface area contributed by atoms with Gasteiger partial charge < -0.3 is 5.32 Å². The predicted molar refractivity (Wildman–Crippen MR) is 143 cm³/mol. The van der Waals surface area contributed by atoms with E-state index in [0.717, 1.165) is 18.1 Å². The molecule has 0 aliphatic rings. The van der Waals surface area contributed by atoms with Crippen LogP contribution in [0.15, 0.2) is 97.4 Å². The second-order valence-electron chi connectivity index (χ2n) is 8.16. The van der Waals surface area contributed by atoms with Gasteiger partial charge in [-0.15, -0.1) is 0 Å². The summed E-state index contributed by atoms with van der Waals surface area (Å²) in [6.45, 7) is 11.5. The van der Waals surface area contributed by atoms with E-state index in [1.807, 2.05) is 49.4 Å². The summed E-state index contributed by atoms with van der Waals surface area (Å²) >= 11 is 0. The lowest BCUT2D eigenvalue weighted by Gasteiger charge is -2.07. The van der Waals surface area contributed by atoms with Gasteiger partial charge in [-0.25, -0.2) is 0 Å². The van der Waals surface area contributed by atoms with Crippen molar-refractivity contribution in [2.75, 3.05) is 6.54 Å². The highest BCUT2D eigenvalue weighted by Crippen LogP contribution is 2.27. The Hall–Kier alpha value is -3.67. The molecule has 1 aromatic heterocycles. The maximum absolute atomic E-state index is 12.2. The highest BCUT2D eigenvalue weighted by molar-refractivity contribution is 5.94. The third kappa shape index (κ3) is 12.2. The molecule has 1 N–H and O–H groups in total. The van der Waals surface area contributed by atoms with Crippen LogP contribution in [0.3, 0.4) is 0 Å². The molecule has 0 aliphatic carbocycles. The Balaban J connectivity index is 0.000000329. The van der Waals surface area contributed by atoms with Crippen LogP contribution in [-0.2, 0) is 6.42 Å². The highest BCUT2D eigenvalue weighted by Gasteiger charge is 2.30. The topological polar surface area (TPSA) is 42.0 Å². The van der Waals surface area contributed by atoms with Gasteiger partial charge in [0.05, 0.1) is 0 Å². The number of pyridine rings is 1. The smallest absolute Gasteiger partial charge is 0.352 e. The molecule has 3 rings (SSSR count). The van der Waals surface area contributed by atoms with Crippen molar-refractivity contribution in [3.05, 3.63) is 120 Å². The van der Waals surface area contributed by atoms with E-state index in [4.69, 9.17) is 0 Å². The fraction of sp³-hybridized carbons (Fsp3) is 0.267. The van der Waals surface area contributed by atoms with Gasteiger partial charge in [-0.2, -0.15) is 13.2 Å². The molecule has 0 bridgehead atoms. The average Bonchev–Trinajstić information content (AvgIpc) is 2.86. The summed E-state index contributed by atoms with van der Waals surface area (Å²) in [7, 11) is 0. The molecule has 0 fully saturated rings. The van der Waals surface area contributed by atoms with Gasteiger partial charge in [0, 0.05) is 30.1 Å². The van der Waals surface area contributed by atoms with Gasteiger partial charge >= 0.3 is 6.18 Å². The summed E-state index contributed by atoms with van der Waals surface area (Å²) in [4.78, 5) is 15.7. The zero-order chi connectivity index (χ0) is 27.0. The fourth-order valence-corrected chi connectivity index (χ4v) is 2.79. The van der Waals surface area contributed by atoms with Crippen molar-refractivity contribution in [1.29, 1.82) is 0 Å². The van der Waals surface area contributed by atoms with E-state index in [-0.39, 0.29) is 5.91 Å². The van der Waals surface area contributed by atoms with E-state index < -0.39 is 11.7 Å². The zero-order valence-corrected chi connectivity index (χ0v) is 21.4. The Labute approximate surface area is 212 Å². The number of aromatic nitrogens is 1. The number of alkyl halides is 3. The van der Waals surface area contributed by atoms with Crippen molar-refractivity contribution >= 4 is 11.5 Å². The molecule has 0 radical (unpaired) electrons. The Morgan fingerprint density at radius 2 is 1.58 bits per heavy atom. The third-order valence-corrected chi connectivity index (χ3v) is 4.73. The first kappa shape index (κ1) is 30.4. The molecule has 0 unspecified atom stereocenters. The maximum Gasteiger partial charge on any atom is 0.415 e. The van der Waals surface area contributed by atoms with E-state index >= 15 is 0 Å². The van der Waals surface area contributed by atoms with Crippen LogP contribution >= 0.6 is 0 Å². The molecule has 2 aromatic carbocycles. The molecular formula is C30H35F3N2O. The normalized spacial score (nSPS) is 10.8. The molecule has 1 amide bonds. The summed E-state index contributed by atoms with van der Waals surface area (Å²) in [5, 5.41) is 2.93. The molecule has 0 aliphatic heterocycles. The first-order valence-electron chi connectivity index (χ1n) is 11.8. The predicted octanol–water partition coefficient (Wildman–Crippen LogP) is 7.99. The first-order chi connectivity index (χ1) is 17.1. The van der Waals surface area contributed by atoms with Crippen molar-refractivity contribution in [3.8, 4) is 0 Å². The Kier molecular flexibility index (Phi) is 13.6. The quantitative estimate of drug-likeness (QED) is 0.352. The molecular weight excluding hydrogens is 461 g/mol. The van der Waals surface area contributed by atoms with Crippen LogP contribution < -0.4 is 5.32 Å². The molecule has 0 saturated heterocycles. The van der Waals surface area contributed by atoms with Gasteiger partial charge in [0.15, 0.2) is 0 Å². The minimum atomic E-state index is -4.37. The molecule has 6 heteroatoms. The third-order valence-electron chi connectivity index (χ3n) is 4.73. The van der Waals surface area contributed by atoms with E-state index in [1.54, 1.807) is 25.3 Å². The van der Waals surface area contributed by atoms with Crippen molar-refractivity contribution in [1.82, 2.24) is 10.3 Å². The van der Waals surface area contributed by atoms with E-state index in [1.165, 1.54) is 18.2 Å². The largest absolute Gasteiger partial charge is 0.415 e. The minimum absolute atomic E-state index is 0.00840. The van der Waals surface area contributed by atoms with Crippen LogP contribution in [0.5, 0.6) is 0 Å².